The summed E-state index contributed by atoms with van der Waals surface area (Å²) in [5.74, 6) is -0.0806. The summed E-state index contributed by atoms with van der Waals surface area (Å²) in [6, 6.07) is -0.558. The van der Waals surface area contributed by atoms with E-state index in [4.69, 9.17) is 4.74 Å². The van der Waals surface area contributed by atoms with Crippen molar-refractivity contribution in [1.29, 1.82) is 0 Å². The topological polar surface area (TPSA) is 95.9 Å². The lowest BCUT2D eigenvalue weighted by Gasteiger charge is -2.22. The molecule has 2 atom stereocenters. The van der Waals surface area contributed by atoms with Gasteiger partial charge in [0.15, 0.2) is 0 Å². The Morgan fingerprint density at radius 3 is 1.15 bits per heavy atom. The SMILES string of the molecule is CCCCCCCCC/C=C\CCCCCCCC(=O)OCCCCCCCCCCCCC(=O)NC(CO)C(O)CCCCCCCCCCCCCCCCCCCCC. The highest BCUT2D eigenvalue weighted by atomic mass is 16.5. The zero-order valence-electron chi connectivity index (χ0n) is 41.9. The van der Waals surface area contributed by atoms with Crippen LogP contribution in [0.15, 0.2) is 12.2 Å². The van der Waals surface area contributed by atoms with Crippen molar-refractivity contribution in [2.24, 2.45) is 0 Å². The van der Waals surface area contributed by atoms with Gasteiger partial charge in [0.05, 0.1) is 25.4 Å². The van der Waals surface area contributed by atoms with E-state index in [-0.39, 0.29) is 18.5 Å². The highest BCUT2D eigenvalue weighted by Crippen LogP contribution is 2.17. The summed E-state index contributed by atoms with van der Waals surface area (Å²) in [7, 11) is 0. The molecule has 62 heavy (non-hydrogen) atoms. The van der Waals surface area contributed by atoms with Crippen molar-refractivity contribution < 1.29 is 24.5 Å². The largest absolute Gasteiger partial charge is 0.466 e. The Hall–Kier alpha value is -1.40. The maximum Gasteiger partial charge on any atom is 0.305 e. The number of nitrogens with one attached hydrogen (secondary N) is 1. The van der Waals surface area contributed by atoms with E-state index in [0.29, 0.717) is 25.9 Å². The van der Waals surface area contributed by atoms with Gasteiger partial charge in [-0.25, -0.2) is 0 Å². The molecular weight excluding hydrogens is 767 g/mol. The van der Waals surface area contributed by atoms with Crippen molar-refractivity contribution in [2.45, 2.75) is 321 Å². The van der Waals surface area contributed by atoms with E-state index in [9.17, 15) is 19.8 Å². The Bertz CT molecular complexity index is 924. The van der Waals surface area contributed by atoms with E-state index in [0.717, 1.165) is 57.8 Å². The third kappa shape index (κ3) is 48.1. The Balaban J connectivity index is 3.47. The quantitative estimate of drug-likeness (QED) is 0.0321. The zero-order valence-corrected chi connectivity index (χ0v) is 41.9. The molecule has 0 fully saturated rings. The maximum absolute atomic E-state index is 12.5. The van der Waals surface area contributed by atoms with Crippen molar-refractivity contribution in [3.8, 4) is 0 Å². The minimum Gasteiger partial charge on any atom is -0.466 e. The Morgan fingerprint density at radius 1 is 0.435 bits per heavy atom. The number of hydrogen-bond donors (Lipinski definition) is 3. The molecule has 0 aromatic carbocycles. The third-order valence-electron chi connectivity index (χ3n) is 13.1. The number of amides is 1. The summed E-state index contributed by atoms with van der Waals surface area (Å²) in [5.41, 5.74) is 0. The number of carbonyl (C=O) groups is 2. The summed E-state index contributed by atoms with van der Waals surface area (Å²) in [6.45, 7) is 4.91. The van der Waals surface area contributed by atoms with E-state index in [1.807, 2.05) is 0 Å². The van der Waals surface area contributed by atoms with Crippen LogP contribution in [0.2, 0.25) is 0 Å². The summed E-state index contributed by atoms with van der Waals surface area (Å²) in [5, 5.41) is 23.3. The summed E-state index contributed by atoms with van der Waals surface area (Å²) in [4.78, 5) is 24.5. The monoisotopic (exact) mass is 876 g/mol. The van der Waals surface area contributed by atoms with Crippen LogP contribution < -0.4 is 5.32 Å². The molecule has 6 nitrogen and oxygen atoms in total. The van der Waals surface area contributed by atoms with Crippen molar-refractivity contribution in [2.75, 3.05) is 13.2 Å². The van der Waals surface area contributed by atoms with Gasteiger partial charge in [-0.15, -0.1) is 0 Å². The van der Waals surface area contributed by atoms with Crippen LogP contribution in [-0.4, -0.2) is 47.4 Å². The van der Waals surface area contributed by atoms with Crippen LogP contribution in [0.3, 0.4) is 0 Å². The number of carbonyl (C=O) groups excluding carboxylic acids is 2. The number of unbranched alkanes of at least 4 members (excludes halogenated alkanes) is 39. The van der Waals surface area contributed by atoms with E-state index >= 15 is 0 Å². The first-order valence-corrected chi connectivity index (χ1v) is 27.9. The first kappa shape index (κ1) is 60.6. The van der Waals surface area contributed by atoms with E-state index in [2.05, 4.69) is 31.3 Å². The van der Waals surface area contributed by atoms with Crippen LogP contribution in [-0.2, 0) is 14.3 Å². The second-order valence-corrected chi connectivity index (χ2v) is 19.3. The molecule has 0 aromatic heterocycles. The molecule has 0 heterocycles. The Kier molecular flexibility index (Phi) is 51.0. The van der Waals surface area contributed by atoms with Crippen LogP contribution in [0.25, 0.3) is 0 Å². The van der Waals surface area contributed by atoms with Crippen molar-refractivity contribution in [3.63, 3.8) is 0 Å². The molecule has 0 spiro atoms. The number of aliphatic hydroxyl groups is 2. The van der Waals surface area contributed by atoms with Crippen LogP contribution in [0.5, 0.6) is 0 Å². The fourth-order valence-corrected chi connectivity index (χ4v) is 8.75. The standard InChI is InChI=1S/C56H109NO5/c1-3-5-7-9-11-13-15-17-19-21-22-23-24-26-28-32-36-40-44-48-54(59)53(52-58)57-55(60)49-45-41-37-33-30-31-35-39-43-47-51-62-56(61)50-46-42-38-34-29-27-25-20-18-16-14-12-10-8-6-4-2/h20,25,53-54,58-59H,3-19,21-24,26-52H2,1-2H3,(H,57,60)/b25-20-. The smallest absolute Gasteiger partial charge is 0.305 e. The average Bonchev–Trinajstić information content (AvgIpc) is 3.27. The molecular formula is C56H109NO5. The number of rotatable bonds is 52. The Labute approximate surface area is 387 Å². The van der Waals surface area contributed by atoms with Gasteiger partial charge in [0.25, 0.3) is 0 Å². The second kappa shape index (κ2) is 52.2. The molecule has 0 aliphatic carbocycles. The van der Waals surface area contributed by atoms with Crippen molar-refractivity contribution >= 4 is 11.9 Å². The molecule has 0 saturated carbocycles. The molecule has 368 valence electrons. The van der Waals surface area contributed by atoms with Gasteiger partial charge in [-0.2, -0.15) is 0 Å². The first-order valence-electron chi connectivity index (χ1n) is 27.9. The molecule has 0 bridgehead atoms. The molecule has 0 aromatic rings. The van der Waals surface area contributed by atoms with Gasteiger partial charge in [0, 0.05) is 12.8 Å². The van der Waals surface area contributed by atoms with Crippen LogP contribution in [0, 0.1) is 0 Å². The van der Waals surface area contributed by atoms with Crippen molar-refractivity contribution in [1.82, 2.24) is 5.32 Å². The molecule has 0 saturated heterocycles. The predicted molar refractivity (Wildman–Crippen MR) is 269 cm³/mol. The van der Waals surface area contributed by atoms with Gasteiger partial charge >= 0.3 is 5.97 Å². The van der Waals surface area contributed by atoms with Gasteiger partial charge < -0.3 is 20.3 Å². The van der Waals surface area contributed by atoms with Gasteiger partial charge in [-0.05, 0) is 51.4 Å². The zero-order chi connectivity index (χ0) is 45.1. The van der Waals surface area contributed by atoms with Gasteiger partial charge in [0.2, 0.25) is 5.91 Å². The molecule has 0 rings (SSSR count). The Morgan fingerprint density at radius 2 is 0.758 bits per heavy atom. The molecule has 0 radical (unpaired) electrons. The van der Waals surface area contributed by atoms with Gasteiger partial charge in [-0.1, -0.05) is 257 Å². The number of aliphatic hydroxyl groups excluding tert-OH is 2. The second-order valence-electron chi connectivity index (χ2n) is 19.3. The molecule has 2 unspecified atom stereocenters. The molecule has 0 aliphatic rings. The molecule has 1 amide bonds. The van der Waals surface area contributed by atoms with Gasteiger partial charge in [-0.3, -0.25) is 9.59 Å². The lowest BCUT2D eigenvalue weighted by Crippen LogP contribution is -2.45. The van der Waals surface area contributed by atoms with Gasteiger partial charge in [0.1, 0.15) is 0 Å². The lowest BCUT2D eigenvalue weighted by atomic mass is 10.0. The summed E-state index contributed by atoms with van der Waals surface area (Å²) in [6.07, 6.45) is 60.4. The predicted octanol–water partition coefficient (Wildman–Crippen LogP) is 16.9. The minimum atomic E-state index is -0.679. The number of esters is 1. The third-order valence-corrected chi connectivity index (χ3v) is 13.1. The normalized spacial score (nSPS) is 12.6. The first-order chi connectivity index (χ1) is 30.5. The van der Waals surface area contributed by atoms with Crippen LogP contribution >= 0.6 is 0 Å². The fraction of sp³-hybridized carbons (Fsp3) is 0.929. The summed E-state index contributed by atoms with van der Waals surface area (Å²) < 4.78 is 5.46. The van der Waals surface area contributed by atoms with E-state index in [1.165, 1.54) is 218 Å². The lowest BCUT2D eigenvalue weighted by molar-refractivity contribution is -0.143. The van der Waals surface area contributed by atoms with Crippen LogP contribution in [0.1, 0.15) is 309 Å². The van der Waals surface area contributed by atoms with Crippen LogP contribution in [0.4, 0.5) is 0 Å². The molecule has 0 aliphatic heterocycles. The average molecular weight is 876 g/mol. The number of allylic oxidation sites excluding steroid dienone is 2. The molecule has 6 heteroatoms. The van der Waals surface area contributed by atoms with E-state index in [1.54, 1.807) is 0 Å². The number of hydrogen-bond acceptors (Lipinski definition) is 5. The fourth-order valence-electron chi connectivity index (χ4n) is 8.75. The molecule has 3 N–H and O–H groups in total. The van der Waals surface area contributed by atoms with Crippen molar-refractivity contribution in [3.05, 3.63) is 12.2 Å². The highest BCUT2D eigenvalue weighted by Gasteiger charge is 2.20. The highest BCUT2D eigenvalue weighted by molar-refractivity contribution is 5.76. The maximum atomic E-state index is 12.5. The van der Waals surface area contributed by atoms with E-state index < -0.39 is 12.1 Å². The minimum absolute atomic E-state index is 0.0252. The summed E-state index contributed by atoms with van der Waals surface area (Å²) >= 11 is 0. The number of ether oxygens (including phenoxy) is 1.